The van der Waals surface area contributed by atoms with Crippen molar-refractivity contribution >= 4 is 11.9 Å². The molecule has 0 aromatic heterocycles. The van der Waals surface area contributed by atoms with Gasteiger partial charge in [0, 0.05) is 23.8 Å². The largest absolute Gasteiger partial charge is 1.00 e. The first-order valence-electron chi connectivity index (χ1n) is 5.87. The van der Waals surface area contributed by atoms with Crippen LogP contribution >= 0.6 is 0 Å². The molecule has 3 aliphatic rings. The summed E-state index contributed by atoms with van der Waals surface area (Å²) in [6.07, 6.45) is 1.61. The van der Waals surface area contributed by atoms with E-state index in [1.807, 2.05) is 13.8 Å². The number of hydrogen-bond acceptors (Lipinski definition) is 4. The van der Waals surface area contributed by atoms with E-state index in [-0.39, 0.29) is 82.8 Å². The van der Waals surface area contributed by atoms with Crippen LogP contribution in [-0.4, -0.2) is 11.9 Å². The van der Waals surface area contributed by atoms with Crippen LogP contribution in [0.1, 0.15) is 26.7 Å². The molecular weight excluding hydrogens is 254 g/mol. The summed E-state index contributed by atoms with van der Waals surface area (Å²) in [6, 6.07) is 0. The van der Waals surface area contributed by atoms with Crippen molar-refractivity contribution in [2.24, 2.45) is 35.5 Å². The molecular formula is C12H16Na2O4. The molecule has 0 amide bonds. The van der Waals surface area contributed by atoms with Gasteiger partial charge in [0.25, 0.3) is 0 Å². The molecule has 3 saturated carbocycles. The topological polar surface area (TPSA) is 80.3 Å². The maximum atomic E-state index is 11.1. The van der Waals surface area contributed by atoms with Gasteiger partial charge in [0.2, 0.25) is 0 Å². The fourth-order valence-electron chi connectivity index (χ4n) is 3.88. The number of fused-ring (bicyclic) bond motifs is 3. The molecule has 0 spiro atoms. The van der Waals surface area contributed by atoms with E-state index in [1.165, 1.54) is 0 Å². The summed E-state index contributed by atoms with van der Waals surface area (Å²) in [7, 11) is 0. The summed E-state index contributed by atoms with van der Waals surface area (Å²) in [5, 5.41) is 22.2. The minimum absolute atomic E-state index is 0. The summed E-state index contributed by atoms with van der Waals surface area (Å²) < 4.78 is 0. The quantitative estimate of drug-likeness (QED) is 0.467. The van der Waals surface area contributed by atoms with E-state index in [4.69, 9.17) is 0 Å². The van der Waals surface area contributed by atoms with Gasteiger partial charge in [-0.05, 0) is 36.5 Å². The molecule has 2 bridgehead atoms. The van der Waals surface area contributed by atoms with E-state index in [2.05, 4.69) is 0 Å². The van der Waals surface area contributed by atoms with Crippen LogP contribution in [0.25, 0.3) is 0 Å². The van der Waals surface area contributed by atoms with Crippen molar-refractivity contribution in [3.05, 3.63) is 0 Å². The van der Waals surface area contributed by atoms with Crippen LogP contribution in [0.3, 0.4) is 0 Å². The van der Waals surface area contributed by atoms with Crippen LogP contribution < -0.4 is 69.3 Å². The number of carboxylic acid groups (broad SMARTS) is 2. The van der Waals surface area contributed by atoms with Crippen molar-refractivity contribution < 1.29 is 78.9 Å². The first-order valence-corrected chi connectivity index (χ1v) is 5.87. The number of carbonyl (C=O) groups is 2. The monoisotopic (exact) mass is 270 g/mol. The molecule has 0 aromatic rings. The van der Waals surface area contributed by atoms with E-state index >= 15 is 0 Å². The van der Waals surface area contributed by atoms with E-state index in [1.54, 1.807) is 0 Å². The van der Waals surface area contributed by atoms with Crippen molar-refractivity contribution in [2.45, 2.75) is 26.7 Å². The number of hydrogen-bond donors (Lipinski definition) is 0. The zero-order valence-corrected chi connectivity index (χ0v) is 15.5. The Labute approximate surface area is 151 Å². The smallest absolute Gasteiger partial charge is 0.550 e. The summed E-state index contributed by atoms with van der Waals surface area (Å²) in [5.74, 6) is -3.74. The third kappa shape index (κ3) is 2.99. The molecule has 0 aromatic carbocycles. The number of carboxylic acids is 2. The molecule has 3 aliphatic carbocycles. The Bertz CT molecular complexity index is 302. The van der Waals surface area contributed by atoms with Gasteiger partial charge in [-0.3, -0.25) is 0 Å². The normalized spacial score (nSPS) is 41.4. The van der Waals surface area contributed by atoms with Gasteiger partial charge in [0.05, 0.1) is 0 Å². The zero-order valence-electron chi connectivity index (χ0n) is 11.5. The molecule has 90 valence electrons. The van der Waals surface area contributed by atoms with Crippen LogP contribution in [0.2, 0.25) is 0 Å². The Kier molecular flexibility index (Phi) is 7.46. The molecule has 6 unspecified atom stereocenters. The molecule has 0 radical (unpaired) electrons. The van der Waals surface area contributed by atoms with Crippen LogP contribution in [0.4, 0.5) is 0 Å². The fourth-order valence-corrected chi connectivity index (χ4v) is 3.88. The second-order valence-electron chi connectivity index (χ2n) is 5.31. The molecule has 0 saturated heterocycles. The van der Waals surface area contributed by atoms with Crippen molar-refractivity contribution in [3.63, 3.8) is 0 Å². The van der Waals surface area contributed by atoms with Crippen molar-refractivity contribution in [2.75, 3.05) is 0 Å². The van der Waals surface area contributed by atoms with Crippen molar-refractivity contribution in [3.8, 4) is 0 Å². The second-order valence-corrected chi connectivity index (χ2v) is 5.31. The third-order valence-electron chi connectivity index (χ3n) is 4.87. The van der Waals surface area contributed by atoms with Crippen LogP contribution in [-0.2, 0) is 9.59 Å². The van der Waals surface area contributed by atoms with Gasteiger partial charge in [-0.1, -0.05) is 13.8 Å². The summed E-state index contributed by atoms with van der Waals surface area (Å²) in [6.45, 7) is 4.03. The van der Waals surface area contributed by atoms with Crippen LogP contribution in [0.15, 0.2) is 0 Å². The standard InChI is InChI=1S/C12H18O4.2Na/c1-5-6(2)8-4-3-7(5)9(11(13)14)10(8)12(15)16;;/h5-10H,3-4H2,1-2H3,(H,13,14)(H,15,16);;/q;2*+1/p-2. The summed E-state index contributed by atoms with van der Waals surface area (Å²) >= 11 is 0. The van der Waals surface area contributed by atoms with E-state index in [0.29, 0.717) is 0 Å². The molecule has 6 atom stereocenters. The Morgan fingerprint density at radius 3 is 1.33 bits per heavy atom. The summed E-state index contributed by atoms with van der Waals surface area (Å²) in [5.41, 5.74) is 0. The average Bonchev–Trinajstić information content (AvgIpc) is 2.23. The van der Waals surface area contributed by atoms with Gasteiger partial charge in [-0.25, -0.2) is 0 Å². The van der Waals surface area contributed by atoms with E-state index in [0.717, 1.165) is 12.8 Å². The van der Waals surface area contributed by atoms with Gasteiger partial charge >= 0.3 is 59.1 Å². The molecule has 0 heterocycles. The first-order chi connectivity index (χ1) is 7.45. The molecule has 3 fully saturated rings. The molecule has 6 heteroatoms. The zero-order chi connectivity index (χ0) is 12.0. The molecule has 18 heavy (non-hydrogen) atoms. The number of aliphatic carboxylic acids is 2. The van der Waals surface area contributed by atoms with Gasteiger partial charge < -0.3 is 19.8 Å². The van der Waals surface area contributed by atoms with E-state index < -0.39 is 23.8 Å². The molecule has 3 rings (SSSR count). The molecule has 4 nitrogen and oxygen atoms in total. The van der Waals surface area contributed by atoms with Gasteiger partial charge in [0.15, 0.2) is 0 Å². The average molecular weight is 270 g/mol. The number of carbonyl (C=O) groups excluding carboxylic acids is 2. The summed E-state index contributed by atoms with van der Waals surface area (Å²) in [4.78, 5) is 22.2. The fraction of sp³-hybridized carbons (Fsp3) is 0.833. The van der Waals surface area contributed by atoms with Crippen LogP contribution in [0, 0.1) is 35.5 Å². The van der Waals surface area contributed by atoms with Gasteiger partial charge in [0.1, 0.15) is 0 Å². The molecule has 0 N–H and O–H groups in total. The molecule has 0 aliphatic heterocycles. The first kappa shape index (κ1) is 18.9. The predicted octanol–water partition coefficient (Wildman–Crippen LogP) is -6.96. The van der Waals surface area contributed by atoms with E-state index in [9.17, 15) is 19.8 Å². The second kappa shape index (κ2) is 7.09. The third-order valence-corrected chi connectivity index (χ3v) is 4.87. The van der Waals surface area contributed by atoms with Gasteiger partial charge in [-0.15, -0.1) is 0 Å². The van der Waals surface area contributed by atoms with Crippen molar-refractivity contribution in [1.29, 1.82) is 0 Å². The predicted molar refractivity (Wildman–Crippen MR) is 51.5 cm³/mol. The number of rotatable bonds is 2. The van der Waals surface area contributed by atoms with Gasteiger partial charge in [-0.2, -0.15) is 0 Å². The Morgan fingerprint density at radius 1 is 0.833 bits per heavy atom. The minimum Gasteiger partial charge on any atom is -0.550 e. The Morgan fingerprint density at radius 2 is 1.11 bits per heavy atom. The maximum Gasteiger partial charge on any atom is 1.00 e. The van der Waals surface area contributed by atoms with Crippen molar-refractivity contribution in [1.82, 2.24) is 0 Å². The van der Waals surface area contributed by atoms with Crippen LogP contribution in [0.5, 0.6) is 0 Å². The Balaban J connectivity index is 0.00000144. The SMILES string of the molecule is CC1C(C)C2CCC1C(C(=O)[O-])C2C(=O)[O-].[Na+].[Na+]. The Hall–Kier alpha value is 0.940. The maximum absolute atomic E-state index is 11.1. The minimum atomic E-state index is -1.22.